The van der Waals surface area contributed by atoms with E-state index in [0.717, 1.165) is 21.1 Å². The number of aliphatic hydroxyl groups excluding tert-OH is 1. The minimum atomic E-state index is -1.32. The van der Waals surface area contributed by atoms with E-state index >= 15 is 0 Å². The summed E-state index contributed by atoms with van der Waals surface area (Å²) in [7, 11) is 1.40. The summed E-state index contributed by atoms with van der Waals surface area (Å²) in [6.45, 7) is 7.45. The van der Waals surface area contributed by atoms with Gasteiger partial charge in [-0.2, -0.15) is 0 Å². The maximum atomic E-state index is 13.7. The molecular formula is C35H47N7O7S. The number of nitrogens with zero attached hydrogens (tertiary/aromatic N) is 4. The summed E-state index contributed by atoms with van der Waals surface area (Å²) in [6, 6.07) is 4.14. The molecule has 2 bridgehead atoms. The molecule has 1 spiro atoms. The van der Waals surface area contributed by atoms with Crippen LogP contribution in [0.5, 0.6) is 5.75 Å². The highest BCUT2D eigenvalue weighted by atomic mass is 32.1. The number of aliphatic hydroxyl groups is 1. The summed E-state index contributed by atoms with van der Waals surface area (Å²) in [5, 5.41) is 20.7. The van der Waals surface area contributed by atoms with Crippen LogP contribution >= 0.6 is 11.3 Å². The number of rotatable bonds is 4. The lowest BCUT2D eigenvalue weighted by Crippen LogP contribution is -2.59. The van der Waals surface area contributed by atoms with Gasteiger partial charge in [-0.3, -0.25) is 28.4 Å². The highest BCUT2D eigenvalue weighted by Gasteiger charge is 2.39. The van der Waals surface area contributed by atoms with Crippen molar-refractivity contribution >= 4 is 45.8 Å². The second-order valence-electron chi connectivity index (χ2n) is 13.9. The van der Waals surface area contributed by atoms with Crippen LogP contribution in [0.15, 0.2) is 42.0 Å². The van der Waals surface area contributed by atoms with Crippen LogP contribution in [0.3, 0.4) is 0 Å². The average Bonchev–Trinajstić information content (AvgIpc) is 3.68. The molecule has 5 rings (SSSR count). The van der Waals surface area contributed by atoms with Crippen LogP contribution in [0.1, 0.15) is 51.8 Å². The zero-order chi connectivity index (χ0) is 36.2. The fourth-order valence-corrected chi connectivity index (χ4v) is 7.20. The van der Waals surface area contributed by atoms with Crippen molar-refractivity contribution in [3.63, 3.8) is 0 Å². The van der Waals surface area contributed by atoms with Gasteiger partial charge < -0.3 is 35.6 Å². The number of aromatic nitrogens is 2. The zero-order valence-corrected chi connectivity index (χ0v) is 30.0. The van der Waals surface area contributed by atoms with E-state index < -0.39 is 54.0 Å². The van der Waals surface area contributed by atoms with Crippen molar-refractivity contribution in [1.29, 1.82) is 0 Å². The van der Waals surface area contributed by atoms with Gasteiger partial charge in [-0.1, -0.05) is 26.0 Å². The lowest BCUT2D eigenvalue weighted by atomic mass is 9.73. The normalized spacial score (nSPS) is 23.4. The maximum absolute atomic E-state index is 13.7. The summed E-state index contributed by atoms with van der Waals surface area (Å²) < 4.78 is 7.70. The number of imidazole rings is 1. The largest absolute Gasteiger partial charge is 0.484 e. The number of likely N-dealkylation sites (N-methyl/N-ethyl adjacent to an activating group) is 1. The number of piperidine rings is 1. The lowest BCUT2D eigenvalue weighted by Gasteiger charge is -2.42. The standard InChI is InChI=1S/C35H47N7O7S/c1-21(2)29-32(47)36-20-35(9-11-41(12-10-35)28(45)16-25-18-42-13-14-50-34(42)37-25)17-24-7-6-8-26(15-24)49-19-27(44)38-30(23(4)43)33(48)40(5)22(3)31(46)39-29/h6-8,13-15,18,21-23,29-30,43H,9-12,16-17,19-20H2,1-5H3,(H,36,47)(H,38,44)(H,39,46)/t22-,23+,29?,30-/m0/s1. The number of hydrogen-bond donors (Lipinski definition) is 4. The molecule has 1 unspecified atom stereocenters. The minimum absolute atomic E-state index is 0.00240. The molecule has 50 heavy (non-hydrogen) atoms. The molecule has 2 aliphatic rings. The van der Waals surface area contributed by atoms with Gasteiger partial charge in [0.1, 0.15) is 23.9 Å². The minimum Gasteiger partial charge on any atom is -0.484 e. The lowest BCUT2D eigenvalue weighted by molar-refractivity contribution is -0.144. The van der Waals surface area contributed by atoms with Gasteiger partial charge in [0, 0.05) is 44.5 Å². The second kappa shape index (κ2) is 15.6. The molecule has 1 aromatic carbocycles. The SMILES string of the molecule is CC(C)C1NC(=O)[C@H](C)N(C)C(=O)[C@H]([C@@H](C)O)NC(=O)COc2cccc(c2)CC2(CCN(C(=O)Cc3cn4ccsc4n3)CC2)CNC1=O. The van der Waals surface area contributed by atoms with Crippen molar-refractivity contribution in [2.24, 2.45) is 11.3 Å². The van der Waals surface area contributed by atoms with E-state index in [1.54, 1.807) is 6.07 Å². The molecule has 0 radical (unpaired) electrons. The van der Waals surface area contributed by atoms with Gasteiger partial charge in [0.15, 0.2) is 11.6 Å². The van der Waals surface area contributed by atoms with Crippen molar-refractivity contribution in [2.75, 3.05) is 33.3 Å². The Morgan fingerprint density at radius 1 is 1.10 bits per heavy atom. The van der Waals surface area contributed by atoms with E-state index in [4.69, 9.17) is 4.74 Å². The van der Waals surface area contributed by atoms with E-state index in [2.05, 4.69) is 20.9 Å². The fraction of sp³-hybridized carbons (Fsp3) is 0.543. The van der Waals surface area contributed by atoms with Gasteiger partial charge in [-0.15, -0.1) is 11.3 Å². The van der Waals surface area contributed by atoms with Crippen molar-refractivity contribution in [3.8, 4) is 5.75 Å². The molecule has 3 aromatic rings. The number of carbonyl (C=O) groups excluding carboxylic acids is 5. The zero-order valence-electron chi connectivity index (χ0n) is 29.2. The first-order valence-corrected chi connectivity index (χ1v) is 17.9. The molecule has 14 nitrogen and oxygen atoms in total. The Morgan fingerprint density at radius 2 is 1.84 bits per heavy atom. The summed E-state index contributed by atoms with van der Waals surface area (Å²) in [6.07, 6.45) is 4.55. The molecule has 4 N–H and O–H groups in total. The molecule has 4 atom stereocenters. The number of amides is 5. The first-order chi connectivity index (χ1) is 23.7. The molecule has 0 saturated carbocycles. The number of benzene rings is 1. The Kier molecular flexibility index (Phi) is 11.5. The summed E-state index contributed by atoms with van der Waals surface area (Å²) in [5.74, 6) is -2.01. The van der Waals surface area contributed by atoms with Crippen molar-refractivity contribution in [2.45, 2.75) is 77.6 Å². The number of nitrogens with one attached hydrogen (secondary N) is 3. The quantitative estimate of drug-likeness (QED) is 0.312. The highest BCUT2D eigenvalue weighted by Crippen LogP contribution is 2.36. The third-order valence-electron chi connectivity index (χ3n) is 9.76. The van der Waals surface area contributed by atoms with Crippen molar-refractivity contribution < 1.29 is 33.8 Å². The summed E-state index contributed by atoms with van der Waals surface area (Å²) in [5.41, 5.74) is 1.23. The summed E-state index contributed by atoms with van der Waals surface area (Å²) >= 11 is 1.51. The van der Waals surface area contributed by atoms with Gasteiger partial charge in [0.05, 0.1) is 18.2 Å². The van der Waals surface area contributed by atoms with Gasteiger partial charge in [-0.25, -0.2) is 4.98 Å². The number of hydrogen-bond acceptors (Lipinski definition) is 9. The molecule has 5 amide bonds. The smallest absolute Gasteiger partial charge is 0.258 e. The number of ether oxygens (including phenoxy) is 1. The van der Waals surface area contributed by atoms with E-state index in [1.165, 1.54) is 32.2 Å². The molecule has 270 valence electrons. The molecule has 1 fully saturated rings. The predicted octanol–water partition coefficient (Wildman–Crippen LogP) is 1.15. The Labute approximate surface area is 295 Å². The third kappa shape index (κ3) is 8.62. The highest BCUT2D eigenvalue weighted by molar-refractivity contribution is 7.15. The van der Waals surface area contributed by atoms with Gasteiger partial charge in [0.2, 0.25) is 23.6 Å². The van der Waals surface area contributed by atoms with Crippen LogP contribution in [-0.4, -0.2) is 111 Å². The number of carbonyl (C=O) groups is 5. The summed E-state index contributed by atoms with van der Waals surface area (Å²) in [4.78, 5) is 75.0. The van der Waals surface area contributed by atoms with E-state index in [9.17, 15) is 29.1 Å². The van der Waals surface area contributed by atoms with E-state index in [-0.39, 0.29) is 24.2 Å². The topological polar surface area (TPSA) is 175 Å². The molecule has 4 heterocycles. The number of likely N-dealkylation sites (tertiary alicyclic amines) is 1. The van der Waals surface area contributed by atoms with Crippen LogP contribution in [0.4, 0.5) is 0 Å². The predicted molar refractivity (Wildman–Crippen MR) is 186 cm³/mol. The Bertz CT molecular complexity index is 1680. The first-order valence-electron chi connectivity index (χ1n) is 17.0. The Balaban J connectivity index is 1.37. The maximum Gasteiger partial charge on any atom is 0.258 e. The average molecular weight is 710 g/mol. The Morgan fingerprint density at radius 3 is 2.52 bits per heavy atom. The monoisotopic (exact) mass is 709 g/mol. The fourth-order valence-electron chi connectivity index (χ4n) is 6.48. The Hall–Kier alpha value is -4.50. The van der Waals surface area contributed by atoms with Gasteiger partial charge >= 0.3 is 0 Å². The second-order valence-corrected chi connectivity index (χ2v) is 14.7. The molecule has 1 saturated heterocycles. The van der Waals surface area contributed by atoms with Crippen LogP contribution in [0.25, 0.3) is 4.96 Å². The molecule has 15 heteroatoms. The van der Waals surface area contributed by atoms with Crippen molar-refractivity contribution in [1.82, 2.24) is 35.1 Å². The van der Waals surface area contributed by atoms with Gasteiger partial charge in [0.25, 0.3) is 5.91 Å². The molecular weight excluding hydrogens is 662 g/mol. The van der Waals surface area contributed by atoms with Crippen molar-refractivity contribution in [3.05, 3.63) is 53.3 Å². The third-order valence-corrected chi connectivity index (χ3v) is 10.5. The number of thiazole rings is 1. The van der Waals surface area contributed by atoms with E-state index in [0.29, 0.717) is 44.6 Å². The van der Waals surface area contributed by atoms with Gasteiger partial charge in [-0.05, 0) is 62.1 Å². The van der Waals surface area contributed by atoms with Crippen LogP contribution in [0.2, 0.25) is 0 Å². The number of fused-ring (bicyclic) bond motifs is 3. The van der Waals surface area contributed by atoms with Crippen LogP contribution in [-0.2, 0) is 36.8 Å². The van der Waals surface area contributed by atoms with E-state index in [1.807, 2.05) is 59.1 Å². The molecule has 2 aromatic heterocycles. The van der Waals surface area contributed by atoms with Crippen LogP contribution in [0, 0.1) is 11.3 Å². The molecule has 2 aliphatic heterocycles. The first kappa shape index (κ1) is 36.8. The molecule has 0 aliphatic carbocycles. The van der Waals surface area contributed by atoms with Crippen LogP contribution < -0.4 is 20.7 Å².